The van der Waals surface area contributed by atoms with Crippen molar-refractivity contribution in [2.75, 3.05) is 0 Å². The second-order valence-electron chi connectivity index (χ2n) is 4.81. The second kappa shape index (κ2) is 5.26. The molecule has 7 nitrogen and oxygen atoms in total. The number of nitrogens with two attached hydrogens (primary N) is 1. The van der Waals surface area contributed by atoms with E-state index in [0.717, 1.165) is 0 Å². The summed E-state index contributed by atoms with van der Waals surface area (Å²) in [5.41, 5.74) is 4.27. The summed E-state index contributed by atoms with van der Waals surface area (Å²) < 4.78 is 5.59. The van der Waals surface area contributed by atoms with Gasteiger partial charge >= 0.3 is 5.97 Å². The first kappa shape index (κ1) is 14.5. The number of nitrogens with zero attached hydrogens (tertiary/aromatic N) is 1. The third-order valence-corrected chi connectivity index (χ3v) is 3.65. The molecule has 20 heavy (non-hydrogen) atoms. The number of carboxylic acids is 1. The molecule has 1 aromatic rings. The molecule has 3 N–H and O–H groups in total. The highest BCUT2D eigenvalue weighted by Crippen LogP contribution is 2.33. The highest BCUT2D eigenvalue weighted by Gasteiger charge is 2.43. The highest BCUT2D eigenvalue weighted by molar-refractivity contribution is 6.32. The summed E-state index contributed by atoms with van der Waals surface area (Å²) >= 11 is 5.78. The summed E-state index contributed by atoms with van der Waals surface area (Å²) in [5.74, 6) is -0.689. The molecule has 1 aliphatic rings. The van der Waals surface area contributed by atoms with E-state index in [1.54, 1.807) is 0 Å². The zero-order valence-electron chi connectivity index (χ0n) is 10.4. The van der Waals surface area contributed by atoms with Crippen LogP contribution in [-0.2, 0) is 4.79 Å². The van der Waals surface area contributed by atoms with E-state index in [1.807, 2.05) is 0 Å². The lowest BCUT2D eigenvalue weighted by atomic mass is 10.00. The number of rotatable bonds is 4. The van der Waals surface area contributed by atoms with Crippen LogP contribution in [0.5, 0.6) is 5.75 Å². The van der Waals surface area contributed by atoms with Crippen LogP contribution in [0.2, 0.25) is 5.02 Å². The van der Waals surface area contributed by atoms with Gasteiger partial charge in [-0.15, -0.1) is 0 Å². The summed E-state index contributed by atoms with van der Waals surface area (Å²) in [4.78, 5) is 21.1. The third kappa shape index (κ3) is 2.83. The summed E-state index contributed by atoms with van der Waals surface area (Å²) in [7, 11) is 0. The van der Waals surface area contributed by atoms with Crippen molar-refractivity contribution < 1.29 is 19.6 Å². The molecule has 0 amide bonds. The van der Waals surface area contributed by atoms with E-state index in [2.05, 4.69) is 0 Å². The minimum atomic E-state index is -1.27. The molecule has 1 aromatic carbocycles. The largest absolute Gasteiger partial charge is 0.490 e. The first-order valence-electron chi connectivity index (χ1n) is 5.95. The number of halogens is 1. The lowest BCUT2D eigenvalue weighted by Gasteiger charge is -2.18. The van der Waals surface area contributed by atoms with Crippen LogP contribution in [0.4, 0.5) is 5.69 Å². The quantitative estimate of drug-likeness (QED) is 0.648. The first-order chi connectivity index (χ1) is 9.32. The molecule has 0 aliphatic heterocycles. The number of hydrogen-bond donors (Lipinski definition) is 2. The summed E-state index contributed by atoms with van der Waals surface area (Å²) in [5, 5.41) is 19.6. The van der Waals surface area contributed by atoms with E-state index in [4.69, 9.17) is 27.2 Å². The number of nitro benzene ring substituents is 1. The summed E-state index contributed by atoms with van der Waals surface area (Å²) in [6, 6.07) is 4.03. The molecule has 0 heterocycles. The van der Waals surface area contributed by atoms with Crippen molar-refractivity contribution in [1.29, 1.82) is 0 Å². The normalized spacial score (nSPS) is 25.4. The number of benzene rings is 1. The fraction of sp³-hybridized carbons (Fsp3) is 0.417. The van der Waals surface area contributed by atoms with Crippen LogP contribution in [0.3, 0.4) is 0 Å². The number of ether oxygens (including phenoxy) is 1. The molecule has 1 fully saturated rings. The number of carboxylic acid groups (broad SMARTS) is 1. The minimum absolute atomic E-state index is 0.0252. The van der Waals surface area contributed by atoms with Crippen LogP contribution in [0.25, 0.3) is 0 Å². The van der Waals surface area contributed by atoms with Gasteiger partial charge in [0.25, 0.3) is 5.69 Å². The zero-order valence-corrected chi connectivity index (χ0v) is 11.2. The maximum absolute atomic E-state index is 11.0. The standard InChI is InChI=1S/C12H13ClN2O5/c13-9-5-7(1-2-10(9)15(18)19)20-8-3-4-12(14,6-8)11(16)17/h1-2,5,8H,3-4,6,14H2,(H,16,17). The van der Waals surface area contributed by atoms with Crippen LogP contribution in [0, 0.1) is 10.1 Å². The molecule has 0 radical (unpaired) electrons. The van der Waals surface area contributed by atoms with E-state index >= 15 is 0 Å². The molecule has 2 unspecified atom stereocenters. The van der Waals surface area contributed by atoms with Gasteiger partial charge in [0.2, 0.25) is 0 Å². The predicted octanol–water partition coefficient (Wildman–Crippen LogP) is 1.96. The lowest BCUT2D eigenvalue weighted by molar-refractivity contribution is -0.384. The van der Waals surface area contributed by atoms with Crippen molar-refractivity contribution in [3.63, 3.8) is 0 Å². The van der Waals surface area contributed by atoms with Crippen LogP contribution in [-0.4, -0.2) is 27.6 Å². The Balaban J connectivity index is 2.07. The van der Waals surface area contributed by atoms with Gasteiger partial charge in [-0.3, -0.25) is 14.9 Å². The van der Waals surface area contributed by atoms with Crippen molar-refractivity contribution in [3.05, 3.63) is 33.3 Å². The monoisotopic (exact) mass is 300 g/mol. The average molecular weight is 301 g/mol. The second-order valence-corrected chi connectivity index (χ2v) is 5.22. The predicted molar refractivity (Wildman–Crippen MR) is 70.9 cm³/mol. The number of hydrogen-bond acceptors (Lipinski definition) is 5. The van der Waals surface area contributed by atoms with Gasteiger partial charge in [0.1, 0.15) is 22.4 Å². The molecule has 2 rings (SSSR count). The minimum Gasteiger partial charge on any atom is -0.490 e. The summed E-state index contributed by atoms with van der Waals surface area (Å²) in [6.07, 6.45) is 0.691. The Bertz CT molecular complexity index is 565. The Labute approximate surface area is 119 Å². The Morgan fingerprint density at radius 3 is 2.80 bits per heavy atom. The van der Waals surface area contributed by atoms with Gasteiger partial charge < -0.3 is 15.6 Å². The number of aliphatic carboxylic acids is 1. The van der Waals surface area contributed by atoms with Gasteiger partial charge in [0.15, 0.2) is 0 Å². The summed E-state index contributed by atoms with van der Waals surface area (Å²) in [6.45, 7) is 0. The lowest BCUT2D eigenvalue weighted by Crippen LogP contribution is -2.46. The first-order valence-corrected chi connectivity index (χ1v) is 6.32. The Morgan fingerprint density at radius 2 is 2.30 bits per heavy atom. The zero-order chi connectivity index (χ0) is 14.9. The van der Waals surface area contributed by atoms with Gasteiger partial charge in [-0.1, -0.05) is 11.6 Å². The van der Waals surface area contributed by atoms with Gasteiger partial charge in [-0.2, -0.15) is 0 Å². The van der Waals surface area contributed by atoms with Gasteiger partial charge in [0.05, 0.1) is 4.92 Å². The van der Waals surface area contributed by atoms with E-state index < -0.39 is 16.4 Å². The van der Waals surface area contributed by atoms with Crippen LogP contribution < -0.4 is 10.5 Å². The fourth-order valence-electron chi connectivity index (χ4n) is 2.23. The van der Waals surface area contributed by atoms with E-state index in [1.165, 1.54) is 18.2 Å². The van der Waals surface area contributed by atoms with Gasteiger partial charge in [-0.25, -0.2) is 0 Å². The molecule has 0 aromatic heterocycles. The van der Waals surface area contributed by atoms with Gasteiger partial charge in [-0.05, 0) is 18.9 Å². The van der Waals surface area contributed by atoms with Crippen LogP contribution in [0.1, 0.15) is 19.3 Å². The van der Waals surface area contributed by atoms with Crippen molar-refractivity contribution in [3.8, 4) is 5.75 Å². The molecule has 0 bridgehead atoms. The van der Waals surface area contributed by atoms with E-state index in [9.17, 15) is 14.9 Å². The average Bonchev–Trinajstić information content (AvgIpc) is 2.72. The Kier molecular flexibility index (Phi) is 3.82. The Morgan fingerprint density at radius 1 is 1.60 bits per heavy atom. The molecule has 0 saturated heterocycles. The molecule has 108 valence electrons. The van der Waals surface area contributed by atoms with Crippen LogP contribution in [0.15, 0.2) is 18.2 Å². The molecular weight excluding hydrogens is 288 g/mol. The molecule has 2 atom stereocenters. The van der Waals surface area contributed by atoms with Crippen molar-refractivity contribution >= 4 is 23.3 Å². The molecular formula is C12H13ClN2O5. The SMILES string of the molecule is NC1(C(=O)O)CCC(Oc2ccc([N+](=O)[O-])c(Cl)c2)C1. The maximum atomic E-state index is 11.0. The molecule has 8 heteroatoms. The van der Waals surface area contributed by atoms with E-state index in [0.29, 0.717) is 18.6 Å². The molecule has 1 aliphatic carbocycles. The maximum Gasteiger partial charge on any atom is 0.323 e. The van der Waals surface area contributed by atoms with Crippen molar-refractivity contribution in [1.82, 2.24) is 0 Å². The van der Waals surface area contributed by atoms with E-state index in [-0.39, 0.29) is 23.2 Å². The highest BCUT2D eigenvalue weighted by atomic mass is 35.5. The van der Waals surface area contributed by atoms with Crippen LogP contribution >= 0.6 is 11.6 Å². The van der Waals surface area contributed by atoms with Crippen molar-refractivity contribution in [2.45, 2.75) is 30.9 Å². The van der Waals surface area contributed by atoms with Crippen molar-refractivity contribution in [2.24, 2.45) is 5.73 Å². The number of nitro groups is 1. The van der Waals surface area contributed by atoms with Gasteiger partial charge in [0, 0.05) is 18.6 Å². The molecule has 1 saturated carbocycles. The smallest absolute Gasteiger partial charge is 0.323 e. The third-order valence-electron chi connectivity index (χ3n) is 3.35. The molecule has 0 spiro atoms. The topological polar surface area (TPSA) is 116 Å². The number of carbonyl (C=O) groups is 1. The fourth-order valence-corrected chi connectivity index (χ4v) is 2.46. The Hall–Kier alpha value is -1.86.